The molecule has 3 rings (SSSR count). The van der Waals surface area contributed by atoms with Gasteiger partial charge in [0.1, 0.15) is 0 Å². The number of thiophene rings is 1. The van der Waals surface area contributed by atoms with E-state index in [1.54, 1.807) is 11.3 Å². The third-order valence-corrected chi connectivity index (χ3v) is 4.95. The normalized spacial score (nSPS) is 18.9. The van der Waals surface area contributed by atoms with Crippen molar-refractivity contribution in [3.63, 3.8) is 0 Å². The molecule has 1 atom stereocenters. The highest BCUT2D eigenvalue weighted by molar-refractivity contribution is 7.17. The van der Waals surface area contributed by atoms with Crippen LogP contribution in [0.3, 0.4) is 0 Å². The van der Waals surface area contributed by atoms with Gasteiger partial charge in [-0.05, 0) is 41.2 Å². The summed E-state index contributed by atoms with van der Waals surface area (Å²) in [6, 6.07) is 8.49. The first-order valence-corrected chi connectivity index (χ1v) is 7.36. The van der Waals surface area contributed by atoms with Crippen LogP contribution in [-0.4, -0.2) is 11.2 Å². The van der Waals surface area contributed by atoms with Gasteiger partial charge in [-0.15, -0.1) is 11.3 Å². The fraction of sp³-hybridized carbons (Fsp3) is 0.467. The van der Waals surface area contributed by atoms with Crippen LogP contribution in [0.4, 0.5) is 0 Å². The largest absolute Gasteiger partial charge is 0.392 e. The molecular formula is C15H18OS. The lowest BCUT2D eigenvalue weighted by Crippen LogP contribution is -2.20. The van der Waals surface area contributed by atoms with Gasteiger partial charge < -0.3 is 5.11 Å². The van der Waals surface area contributed by atoms with Gasteiger partial charge in [-0.3, -0.25) is 0 Å². The zero-order chi connectivity index (χ0) is 11.7. The first-order valence-electron chi connectivity index (χ1n) is 6.48. The number of rotatable bonds is 3. The van der Waals surface area contributed by atoms with Crippen molar-refractivity contribution in [2.45, 2.75) is 38.2 Å². The Morgan fingerprint density at radius 1 is 1.24 bits per heavy atom. The third-order valence-electron chi connectivity index (χ3n) is 3.93. The molecule has 17 heavy (non-hydrogen) atoms. The quantitative estimate of drug-likeness (QED) is 0.868. The van der Waals surface area contributed by atoms with E-state index in [1.165, 1.54) is 41.3 Å². The molecule has 1 aromatic heterocycles. The number of aliphatic hydroxyl groups is 1. The smallest absolute Gasteiger partial charge is 0.0609 e. The van der Waals surface area contributed by atoms with E-state index >= 15 is 0 Å². The minimum absolute atomic E-state index is 0.143. The summed E-state index contributed by atoms with van der Waals surface area (Å²) >= 11 is 1.79. The van der Waals surface area contributed by atoms with Crippen molar-refractivity contribution in [1.29, 1.82) is 0 Å². The van der Waals surface area contributed by atoms with E-state index < -0.39 is 0 Å². The summed E-state index contributed by atoms with van der Waals surface area (Å²) in [5.74, 6) is 0.536. The van der Waals surface area contributed by atoms with E-state index in [0.29, 0.717) is 5.92 Å². The van der Waals surface area contributed by atoms with Gasteiger partial charge in [-0.1, -0.05) is 31.0 Å². The summed E-state index contributed by atoms with van der Waals surface area (Å²) in [7, 11) is 0. The van der Waals surface area contributed by atoms with E-state index in [2.05, 4.69) is 29.6 Å². The maximum absolute atomic E-state index is 10.3. The summed E-state index contributed by atoms with van der Waals surface area (Å²) in [6.45, 7) is 0. The number of benzene rings is 1. The molecule has 1 fully saturated rings. The standard InChI is InChI=1S/C15H18OS/c16-14(11-5-1-2-6-11)9-12-10-17-15-8-4-3-7-13(12)15/h3-4,7-8,10-11,14,16H,1-2,5-6,9H2. The summed E-state index contributed by atoms with van der Waals surface area (Å²) in [5.41, 5.74) is 1.32. The SMILES string of the molecule is OC(Cc1csc2ccccc12)C1CCCC1. The van der Waals surface area contributed by atoms with Gasteiger partial charge in [0, 0.05) is 11.1 Å². The van der Waals surface area contributed by atoms with E-state index in [0.717, 1.165) is 6.42 Å². The van der Waals surface area contributed by atoms with Gasteiger partial charge >= 0.3 is 0 Å². The lowest BCUT2D eigenvalue weighted by Gasteiger charge is -2.17. The van der Waals surface area contributed by atoms with Crippen molar-refractivity contribution in [1.82, 2.24) is 0 Å². The molecule has 2 aromatic rings. The molecular weight excluding hydrogens is 228 g/mol. The average Bonchev–Trinajstić information content (AvgIpc) is 2.98. The van der Waals surface area contributed by atoms with E-state index in [1.807, 2.05) is 0 Å². The molecule has 0 aliphatic heterocycles. The Bertz CT molecular complexity index is 496. The summed E-state index contributed by atoms with van der Waals surface area (Å²) < 4.78 is 1.33. The predicted octanol–water partition coefficient (Wildman–Crippen LogP) is 3.99. The fourth-order valence-corrected chi connectivity index (χ4v) is 3.90. The molecule has 1 N–H and O–H groups in total. The Morgan fingerprint density at radius 3 is 2.82 bits per heavy atom. The van der Waals surface area contributed by atoms with Gasteiger partial charge in [-0.25, -0.2) is 0 Å². The van der Waals surface area contributed by atoms with Gasteiger partial charge in [0.25, 0.3) is 0 Å². The van der Waals surface area contributed by atoms with Crippen molar-refractivity contribution >= 4 is 21.4 Å². The third kappa shape index (κ3) is 2.24. The summed E-state index contributed by atoms with van der Waals surface area (Å²) in [4.78, 5) is 0. The number of hydrogen-bond acceptors (Lipinski definition) is 2. The molecule has 1 aliphatic rings. The first kappa shape index (κ1) is 11.2. The van der Waals surface area contributed by atoms with Crippen molar-refractivity contribution in [3.8, 4) is 0 Å². The second-order valence-electron chi connectivity index (χ2n) is 5.07. The Balaban J connectivity index is 1.80. The zero-order valence-corrected chi connectivity index (χ0v) is 10.7. The maximum atomic E-state index is 10.3. The molecule has 1 aliphatic carbocycles. The van der Waals surface area contributed by atoms with Crippen LogP contribution in [0.2, 0.25) is 0 Å². The van der Waals surface area contributed by atoms with Crippen molar-refractivity contribution in [3.05, 3.63) is 35.2 Å². The highest BCUT2D eigenvalue weighted by Gasteiger charge is 2.23. The van der Waals surface area contributed by atoms with Crippen molar-refractivity contribution in [2.24, 2.45) is 5.92 Å². The predicted molar refractivity (Wildman–Crippen MR) is 73.5 cm³/mol. The van der Waals surface area contributed by atoms with Crippen molar-refractivity contribution < 1.29 is 5.11 Å². The Morgan fingerprint density at radius 2 is 2.00 bits per heavy atom. The monoisotopic (exact) mass is 246 g/mol. The molecule has 0 radical (unpaired) electrons. The van der Waals surface area contributed by atoms with Crippen molar-refractivity contribution in [2.75, 3.05) is 0 Å². The highest BCUT2D eigenvalue weighted by atomic mass is 32.1. The second kappa shape index (κ2) is 4.79. The molecule has 1 nitrogen and oxygen atoms in total. The van der Waals surface area contributed by atoms with Gasteiger partial charge in [-0.2, -0.15) is 0 Å². The second-order valence-corrected chi connectivity index (χ2v) is 5.98. The van der Waals surface area contributed by atoms with Crippen LogP contribution < -0.4 is 0 Å². The maximum Gasteiger partial charge on any atom is 0.0609 e. The first-order chi connectivity index (χ1) is 8.34. The highest BCUT2D eigenvalue weighted by Crippen LogP contribution is 2.32. The van der Waals surface area contributed by atoms with E-state index in [4.69, 9.17) is 0 Å². The zero-order valence-electron chi connectivity index (χ0n) is 9.93. The van der Waals surface area contributed by atoms with Crippen LogP contribution in [0.25, 0.3) is 10.1 Å². The molecule has 1 heterocycles. The molecule has 1 unspecified atom stereocenters. The van der Waals surface area contributed by atoms with Crippen LogP contribution >= 0.6 is 11.3 Å². The molecule has 90 valence electrons. The topological polar surface area (TPSA) is 20.2 Å². The van der Waals surface area contributed by atoms with E-state index in [9.17, 15) is 5.11 Å². The molecule has 1 aromatic carbocycles. The lowest BCUT2D eigenvalue weighted by molar-refractivity contribution is 0.111. The number of aliphatic hydroxyl groups excluding tert-OH is 1. The summed E-state index contributed by atoms with van der Waals surface area (Å²) in [5, 5.41) is 13.8. The minimum Gasteiger partial charge on any atom is -0.392 e. The van der Waals surface area contributed by atoms with Crippen LogP contribution in [0, 0.1) is 5.92 Å². The average molecular weight is 246 g/mol. The molecule has 1 saturated carbocycles. The molecule has 2 heteroatoms. The minimum atomic E-state index is -0.143. The van der Waals surface area contributed by atoms with Gasteiger partial charge in [0.2, 0.25) is 0 Å². The van der Waals surface area contributed by atoms with Gasteiger partial charge in [0.05, 0.1) is 6.10 Å². The Labute approximate surface area is 106 Å². The van der Waals surface area contributed by atoms with Crippen LogP contribution in [-0.2, 0) is 6.42 Å². The molecule has 0 bridgehead atoms. The Kier molecular flexibility index (Phi) is 3.17. The fourth-order valence-electron chi connectivity index (χ4n) is 2.93. The Hall–Kier alpha value is -0.860. The lowest BCUT2D eigenvalue weighted by atomic mass is 9.95. The van der Waals surface area contributed by atoms with Crippen LogP contribution in [0.1, 0.15) is 31.2 Å². The summed E-state index contributed by atoms with van der Waals surface area (Å²) in [6.07, 6.45) is 5.70. The molecule has 0 saturated heterocycles. The number of fused-ring (bicyclic) bond motifs is 1. The van der Waals surface area contributed by atoms with Gasteiger partial charge in [0.15, 0.2) is 0 Å². The van der Waals surface area contributed by atoms with Crippen LogP contribution in [0.5, 0.6) is 0 Å². The van der Waals surface area contributed by atoms with Crippen LogP contribution in [0.15, 0.2) is 29.6 Å². The van der Waals surface area contributed by atoms with E-state index in [-0.39, 0.29) is 6.10 Å². The molecule has 0 amide bonds. The molecule has 0 spiro atoms. The number of hydrogen-bond donors (Lipinski definition) is 1.